The summed E-state index contributed by atoms with van der Waals surface area (Å²) in [6.07, 6.45) is 3.77. The summed E-state index contributed by atoms with van der Waals surface area (Å²) in [7, 11) is 2.02. The third-order valence-electron chi connectivity index (χ3n) is 2.44. The fourth-order valence-electron chi connectivity index (χ4n) is 1.55. The molecular formula is C10H14ClN5. The lowest BCUT2D eigenvalue weighted by atomic mass is 10.3. The maximum absolute atomic E-state index is 5.94. The lowest BCUT2D eigenvalue weighted by Crippen LogP contribution is -2.21. The van der Waals surface area contributed by atoms with Gasteiger partial charge in [0.05, 0.1) is 0 Å². The van der Waals surface area contributed by atoms with Crippen LogP contribution in [0.5, 0.6) is 0 Å². The second-order valence-electron chi connectivity index (χ2n) is 3.68. The van der Waals surface area contributed by atoms with Gasteiger partial charge in [-0.05, 0) is 6.42 Å². The van der Waals surface area contributed by atoms with Crippen LogP contribution in [-0.4, -0.2) is 33.2 Å². The van der Waals surface area contributed by atoms with Gasteiger partial charge in [-0.2, -0.15) is 19.6 Å². The third-order valence-corrected chi connectivity index (χ3v) is 2.63. The Morgan fingerprint density at radius 2 is 2.31 bits per heavy atom. The standard InChI is InChI=1S/C10H14ClN5/c1-3-4-5-15(2)9-6-8(11)14-10-12-7-13-16(9)10/h6-7H,3-5H2,1-2H3. The molecule has 16 heavy (non-hydrogen) atoms. The van der Waals surface area contributed by atoms with Gasteiger partial charge < -0.3 is 4.90 Å². The third kappa shape index (κ3) is 2.09. The first-order valence-corrected chi connectivity index (χ1v) is 5.67. The maximum Gasteiger partial charge on any atom is 0.255 e. The summed E-state index contributed by atoms with van der Waals surface area (Å²) in [5.41, 5.74) is 0. The molecule has 0 radical (unpaired) electrons. The minimum atomic E-state index is 0.443. The first-order chi connectivity index (χ1) is 7.72. The number of halogens is 1. The van der Waals surface area contributed by atoms with Gasteiger partial charge in [-0.15, -0.1) is 0 Å². The Morgan fingerprint density at radius 3 is 3.06 bits per heavy atom. The Labute approximate surface area is 99.1 Å². The number of unbranched alkanes of at least 4 members (excludes halogenated alkanes) is 1. The van der Waals surface area contributed by atoms with E-state index < -0.39 is 0 Å². The number of hydrogen-bond donors (Lipinski definition) is 0. The molecule has 0 amide bonds. The zero-order valence-corrected chi connectivity index (χ0v) is 10.1. The Kier molecular flexibility index (Phi) is 3.24. The number of nitrogens with zero attached hydrogens (tertiary/aromatic N) is 5. The number of anilines is 1. The van der Waals surface area contributed by atoms with Crippen LogP contribution in [0.4, 0.5) is 5.82 Å². The molecule has 0 fully saturated rings. The van der Waals surface area contributed by atoms with Crippen LogP contribution < -0.4 is 4.90 Å². The van der Waals surface area contributed by atoms with Crippen molar-refractivity contribution >= 4 is 23.2 Å². The number of hydrogen-bond acceptors (Lipinski definition) is 4. The molecule has 6 heteroatoms. The molecule has 0 aromatic carbocycles. The Bertz CT molecular complexity index is 481. The zero-order chi connectivity index (χ0) is 11.5. The van der Waals surface area contributed by atoms with E-state index in [1.165, 1.54) is 6.33 Å². The van der Waals surface area contributed by atoms with E-state index in [4.69, 9.17) is 11.6 Å². The number of fused-ring (bicyclic) bond motifs is 1. The van der Waals surface area contributed by atoms with Gasteiger partial charge in [0.15, 0.2) is 0 Å². The molecular weight excluding hydrogens is 226 g/mol. The molecule has 2 aromatic heterocycles. The van der Waals surface area contributed by atoms with Gasteiger partial charge >= 0.3 is 0 Å². The predicted octanol–water partition coefficient (Wildman–Crippen LogP) is 2.01. The van der Waals surface area contributed by atoms with E-state index in [1.54, 1.807) is 10.6 Å². The largest absolute Gasteiger partial charge is 0.359 e. The van der Waals surface area contributed by atoms with Crippen LogP contribution in [0.1, 0.15) is 19.8 Å². The van der Waals surface area contributed by atoms with Crippen LogP contribution in [0.2, 0.25) is 5.15 Å². The molecule has 2 heterocycles. The topological polar surface area (TPSA) is 46.3 Å². The highest BCUT2D eigenvalue weighted by molar-refractivity contribution is 6.29. The summed E-state index contributed by atoms with van der Waals surface area (Å²) >= 11 is 5.94. The van der Waals surface area contributed by atoms with Crippen LogP contribution in [0.3, 0.4) is 0 Å². The van der Waals surface area contributed by atoms with Crippen LogP contribution in [0, 0.1) is 0 Å². The molecule has 0 bridgehead atoms. The van der Waals surface area contributed by atoms with Crippen molar-refractivity contribution in [3.05, 3.63) is 17.5 Å². The molecule has 2 aromatic rings. The van der Waals surface area contributed by atoms with Crippen LogP contribution in [0.15, 0.2) is 12.4 Å². The summed E-state index contributed by atoms with van der Waals surface area (Å²) < 4.78 is 1.70. The minimum Gasteiger partial charge on any atom is -0.359 e. The van der Waals surface area contributed by atoms with Gasteiger partial charge in [0.1, 0.15) is 17.3 Å². The maximum atomic E-state index is 5.94. The zero-order valence-electron chi connectivity index (χ0n) is 9.39. The monoisotopic (exact) mass is 239 g/mol. The summed E-state index contributed by atoms with van der Waals surface area (Å²) in [4.78, 5) is 10.2. The molecule has 2 rings (SSSR count). The van der Waals surface area contributed by atoms with Crippen molar-refractivity contribution in [1.29, 1.82) is 0 Å². The molecule has 0 atom stereocenters. The van der Waals surface area contributed by atoms with Crippen molar-refractivity contribution in [1.82, 2.24) is 19.6 Å². The van der Waals surface area contributed by atoms with E-state index in [0.717, 1.165) is 25.2 Å². The Balaban J connectivity index is 2.38. The SMILES string of the molecule is CCCCN(C)c1cc(Cl)nc2ncnn12. The molecule has 0 aliphatic rings. The van der Waals surface area contributed by atoms with Gasteiger partial charge in [-0.3, -0.25) is 0 Å². The number of rotatable bonds is 4. The van der Waals surface area contributed by atoms with Crippen LogP contribution in [0.25, 0.3) is 5.78 Å². The highest BCUT2D eigenvalue weighted by Gasteiger charge is 2.09. The molecule has 0 spiro atoms. The van der Waals surface area contributed by atoms with Gasteiger partial charge in [0, 0.05) is 19.7 Å². The lowest BCUT2D eigenvalue weighted by molar-refractivity contribution is 0.744. The van der Waals surface area contributed by atoms with E-state index in [-0.39, 0.29) is 0 Å². The molecule has 0 N–H and O–H groups in total. The smallest absolute Gasteiger partial charge is 0.255 e. The van der Waals surface area contributed by atoms with Gasteiger partial charge in [0.2, 0.25) is 0 Å². The fraction of sp³-hybridized carbons (Fsp3) is 0.500. The molecule has 0 saturated carbocycles. The quantitative estimate of drug-likeness (QED) is 0.766. The van der Waals surface area contributed by atoms with Crippen molar-refractivity contribution in [3.8, 4) is 0 Å². The summed E-state index contributed by atoms with van der Waals surface area (Å²) in [6, 6.07) is 1.80. The van der Waals surface area contributed by atoms with E-state index in [1.807, 2.05) is 7.05 Å². The van der Waals surface area contributed by atoms with Crippen molar-refractivity contribution in [2.24, 2.45) is 0 Å². The van der Waals surface area contributed by atoms with Gasteiger partial charge in [-0.25, -0.2) is 0 Å². The highest BCUT2D eigenvalue weighted by Crippen LogP contribution is 2.17. The molecule has 0 unspecified atom stereocenters. The summed E-state index contributed by atoms with van der Waals surface area (Å²) in [5.74, 6) is 1.45. The molecule has 0 saturated heterocycles. The first-order valence-electron chi connectivity index (χ1n) is 5.29. The lowest BCUT2D eigenvalue weighted by Gasteiger charge is -2.19. The first kappa shape index (κ1) is 11.1. The van der Waals surface area contributed by atoms with E-state index in [2.05, 4.69) is 26.9 Å². The van der Waals surface area contributed by atoms with E-state index in [0.29, 0.717) is 10.9 Å². The Hall–Kier alpha value is -1.36. The predicted molar refractivity (Wildman–Crippen MR) is 64.0 cm³/mol. The van der Waals surface area contributed by atoms with E-state index in [9.17, 15) is 0 Å². The molecule has 86 valence electrons. The normalized spacial score (nSPS) is 10.9. The highest BCUT2D eigenvalue weighted by atomic mass is 35.5. The van der Waals surface area contributed by atoms with Crippen molar-refractivity contribution < 1.29 is 0 Å². The van der Waals surface area contributed by atoms with Crippen molar-refractivity contribution in [2.75, 3.05) is 18.5 Å². The average molecular weight is 240 g/mol. The summed E-state index contributed by atoms with van der Waals surface area (Å²) in [6.45, 7) is 3.13. The molecule has 0 aliphatic heterocycles. The Morgan fingerprint density at radius 1 is 1.50 bits per heavy atom. The van der Waals surface area contributed by atoms with E-state index >= 15 is 0 Å². The van der Waals surface area contributed by atoms with Crippen molar-refractivity contribution in [3.63, 3.8) is 0 Å². The minimum absolute atomic E-state index is 0.443. The second kappa shape index (κ2) is 4.65. The second-order valence-corrected chi connectivity index (χ2v) is 4.07. The van der Waals surface area contributed by atoms with Gasteiger partial charge in [0.25, 0.3) is 5.78 Å². The average Bonchev–Trinajstić information content (AvgIpc) is 2.72. The number of aromatic nitrogens is 4. The van der Waals surface area contributed by atoms with Crippen LogP contribution in [-0.2, 0) is 0 Å². The molecule has 0 aliphatic carbocycles. The molecule has 5 nitrogen and oxygen atoms in total. The summed E-state index contributed by atoms with van der Waals surface area (Å²) in [5, 5.41) is 4.58. The fourth-order valence-corrected chi connectivity index (χ4v) is 1.72. The van der Waals surface area contributed by atoms with Crippen LogP contribution >= 0.6 is 11.6 Å². The van der Waals surface area contributed by atoms with Crippen molar-refractivity contribution in [2.45, 2.75) is 19.8 Å². The van der Waals surface area contributed by atoms with Gasteiger partial charge in [-0.1, -0.05) is 24.9 Å².